The Bertz CT molecular complexity index is 515. The molecule has 1 aliphatic rings. The minimum atomic E-state index is -0.538. The normalized spacial score (nSPS) is 20.6. The van der Waals surface area contributed by atoms with Crippen molar-refractivity contribution in [3.05, 3.63) is 22.5 Å². The number of rotatable bonds is 2. The summed E-state index contributed by atoms with van der Waals surface area (Å²) in [7, 11) is -0.538. The highest BCUT2D eigenvalue weighted by Crippen LogP contribution is 2.36. The van der Waals surface area contributed by atoms with Crippen LogP contribution < -0.4 is 5.46 Å². The van der Waals surface area contributed by atoms with Gasteiger partial charge in [-0.15, -0.1) is 0 Å². The summed E-state index contributed by atoms with van der Waals surface area (Å²) < 4.78 is 11.9. The van der Waals surface area contributed by atoms with E-state index in [1.165, 1.54) is 0 Å². The van der Waals surface area contributed by atoms with Crippen molar-refractivity contribution >= 4 is 30.5 Å². The third-order valence-corrected chi connectivity index (χ3v) is 4.27. The Morgan fingerprint density at radius 3 is 2.26 bits per heavy atom. The number of pyridine rings is 1. The first kappa shape index (κ1) is 14.5. The van der Waals surface area contributed by atoms with E-state index in [9.17, 15) is 4.79 Å². The van der Waals surface area contributed by atoms with Crippen LogP contribution in [0.25, 0.3) is 0 Å². The van der Waals surface area contributed by atoms with Gasteiger partial charge in [0.25, 0.3) is 0 Å². The highest BCUT2D eigenvalue weighted by Gasteiger charge is 2.52. The molecule has 0 saturated carbocycles. The van der Waals surface area contributed by atoms with Crippen LogP contribution in [0, 0.1) is 6.92 Å². The number of aldehydes is 1. The first-order chi connectivity index (χ1) is 8.68. The Balaban J connectivity index is 2.44. The summed E-state index contributed by atoms with van der Waals surface area (Å²) in [6.07, 6.45) is 0.667. The molecule has 0 aliphatic carbocycles. The van der Waals surface area contributed by atoms with Gasteiger partial charge in [0.1, 0.15) is 10.8 Å². The zero-order valence-corrected chi connectivity index (χ0v) is 12.5. The topological polar surface area (TPSA) is 48.4 Å². The Morgan fingerprint density at radius 2 is 1.79 bits per heavy atom. The van der Waals surface area contributed by atoms with Gasteiger partial charge in [-0.2, -0.15) is 0 Å². The molecule has 1 saturated heterocycles. The van der Waals surface area contributed by atoms with Crippen LogP contribution in [-0.2, 0) is 9.31 Å². The number of hydrogen-bond donors (Lipinski definition) is 0. The average Bonchev–Trinajstić information content (AvgIpc) is 2.51. The molecule has 1 fully saturated rings. The fourth-order valence-corrected chi connectivity index (χ4v) is 2.10. The maximum absolute atomic E-state index is 10.9. The second-order valence-corrected chi connectivity index (χ2v) is 6.12. The summed E-state index contributed by atoms with van der Waals surface area (Å²) in [5, 5.41) is 0.300. The number of hydrogen-bond acceptors (Lipinski definition) is 4. The molecule has 0 N–H and O–H groups in total. The highest BCUT2D eigenvalue weighted by molar-refractivity contribution is 6.63. The largest absolute Gasteiger partial charge is 0.495 e. The van der Waals surface area contributed by atoms with Crippen LogP contribution in [0.3, 0.4) is 0 Å². The smallest absolute Gasteiger partial charge is 0.399 e. The third-order valence-electron chi connectivity index (χ3n) is 3.90. The van der Waals surface area contributed by atoms with Crippen molar-refractivity contribution in [2.45, 2.75) is 45.8 Å². The molecule has 0 amide bonds. The highest BCUT2D eigenvalue weighted by atomic mass is 35.5. The van der Waals surface area contributed by atoms with Crippen molar-refractivity contribution in [1.29, 1.82) is 0 Å². The standard InChI is InChI=1S/C13H17BClNO3/c1-8-10(6-9(7-17)16-11(8)15)14-18-12(2,3)13(4,5)19-14/h6-7H,1-5H3. The lowest BCUT2D eigenvalue weighted by atomic mass is 9.76. The lowest BCUT2D eigenvalue weighted by Gasteiger charge is -2.32. The lowest BCUT2D eigenvalue weighted by molar-refractivity contribution is 0.00578. The molecule has 1 aromatic rings. The summed E-state index contributed by atoms with van der Waals surface area (Å²) in [5.74, 6) is 0. The van der Waals surface area contributed by atoms with Gasteiger partial charge >= 0.3 is 7.12 Å². The molecule has 0 spiro atoms. The van der Waals surface area contributed by atoms with Gasteiger partial charge in [0.05, 0.1) is 11.2 Å². The van der Waals surface area contributed by atoms with E-state index in [1.54, 1.807) is 6.07 Å². The maximum atomic E-state index is 10.9. The van der Waals surface area contributed by atoms with Crippen LogP contribution in [0.2, 0.25) is 5.15 Å². The fourth-order valence-electron chi connectivity index (χ4n) is 1.89. The second-order valence-electron chi connectivity index (χ2n) is 5.76. The Morgan fingerprint density at radius 1 is 1.26 bits per heavy atom. The van der Waals surface area contributed by atoms with E-state index in [-0.39, 0.29) is 5.69 Å². The number of aromatic nitrogens is 1. The lowest BCUT2D eigenvalue weighted by Crippen LogP contribution is -2.41. The van der Waals surface area contributed by atoms with E-state index in [1.807, 2.05) is 34.6 Å². The van der Waals surface area contributed by atoms with Crippen molar-refractivity contribution < 1.29 is 14.1 Å². The molecule has 1 aromatic heterocycles. The predicted molar refractivity (Wildman–Crippen MR) is 75.1 cm³/mol. The van der Waals surface area contributed by atoms with Gasteiger partial charge in [0.2, 0.25) is 0 Å². The Labute approximate surface area is 118 Å². The van der Waals surface area contributed by atoms with E-state index >= 15 is 0 Å². The van der Waals surface area contributed by atoms with Crippen molar-refractivity contribution in [2.24, 2.45) is 0 Å². The second kappa shape index (κ2) is 4.58. The zero-order valence-electron chi connectivity index (χ0n) is 11.8. The minimum absolute atomic E-state index is 0.278. The summed E-state index contributed by atoms with van der Waals surface area (Å²) in [4.78, 5) is 14.9. The molecule has 0 radical (unpaired) electrons. The van der Waals surface area contributed by atoms with Crippen LogP contribution in [-0.4, -0.2) is 29.6 Å². The summed E-state index contributed by atoms with van der Waals surface area (Å²) in [6.45, 7) is 9.75. The van der Waals surface area contributed by atoms with Gasteiger partial charge in [-0.25, -0.2) is 4.98 Å². The molecule has 2 rings (SSSR count). The number of nitrogens with zero attached hydrogens (tertiary/aromatic N) is 1. The Kier molecular flexibility index (Phi) is 3.50. The van der Waals surface area contributed by atoms with Crippen molar-refractivity contribution in [3.63, 3.8) is 0 Å². The molecule has 1 aliphatic heterocycles. The van der Waals surface area contributed by atoms with Crippen molar-refractivity contribution in [2.75, 3.05) is 0 Å². The molecule has 0 atom stereocenters. The molecule has 6 heteroatoms. The molecular weight excluding hydrogens is 264 g/mol. The van der Waals surface area contributed by atoms with Gasteiger partial charge in [-0.05, 0) is 51.7 Å². The van der Waals surface area contributed by atoms with Gasteiger partial charge in [-0.3, -0.25) is 4.79 Å². The van der Waals surface area contributed by atoms with Crippen LogP contribution in [0.15, 0.2) is 6.07 Å². The van der Waals surface area contributed by atoms with Gasteiger partial charge in [-0.1, -0.05) is 11.6 Å². The number of halogens is 1. The first-order valence-corrected chi connectivity index (χ1v) is 6.53. The van der Waals surface area contributed by atoms with E-state index in [4.69, 9.17) is 20.9 Å². The molecule has 0 aromatic carbocycles. The van der Waals surface area contributed by atoms with Gasteiger partial charge in [0, 0.05) is 0 Å². The van der Waals surface area contributed by atoms with E-state index in [0.717, 1.165) is 11.0 Å². The van der Waals surface area contributed by atoms with Crippen molar-refractivity contribution in [1.82, 2.24) is 4.98 Å². The summed E-state index contributed by atoms with van der Waals surface area (Å²) in [6, 6.07) is 1.66. The molecule has 19 heavy (non-hydrogen) atoms. The third kappa shape index (κ3) is 2.42. The monoisotopic (exact) mass is 281 g/mol. The molecule has 0 bridgehead atoms. The maximum Gasteiger partial charge on any atom is 0.495 e. The fraction of sp³-hybridized carbons (Fsp3) is 0.538. The van der Waals surface area contributed by atoms with Gasteiger partial charge in [0.15, 0.2) is 6.29 Å². The van der Waals surface area contributed by atoms with E-state index in [0.29, 0.717) is 11.4 Å². The summed E-state index contributed by atoms with van der Waals surface area (Å²) >= 11 is 6.04. The van der Waals surface area contributed by atoms with Crippen LogP contribution in [0.5, 0.6) is 0 Å². The Hall–Kier alpha value is -0.905. The predicted octanol–water partition coefficient (Wildman–Crippen LogP) is 2.16. The minimum Gasteiger partial charge on any atom is -0.399 e. The van der Waals surface area contributed by atoms with Crippen LogP contribution in [0.1, 0.15) is 43.7 Å². The number of carbonyl (C=O) groups excluding carboxylic acids is 1. The molecule has 0 unspecified atom stereocenters. The van der Waals surface area contributed by atoms with Crippen LogP contribution >= 0.6 is 11.6 Å². The summed E-state index contributed by atoms with van der Waals surface area (Å²) in [5.41, 5.74) is 0.939. The first-order valence-electron chi connectivity index (χ1n) is 6.16. The molecular formula is C13H17BClNO3. The van der Waals surface area contributed by atoms with E-state index < -0.39 is 18.3 Å². The van der Waals surface area contributed by atoms with E-state index in [2.05, 4.69) is 4.98 Å². The molecule has 102 valence electrons. The molecule has 4 nitrogen and oxygen atoms in total. The van der Waals surface area contributed by atoms with Gasteiger partial charge < -0.3 is 9.31 Å². The zero-order chi connectivity index (χ0) is 14.4. The molecule has 2 heterocycles. The quantitative estimate of drug-likeness (QED) is 0.473. The van der Waals surface area contributed by atoms with Crippen molar-refractivity contribution in [3.8, 4) is 0 Å². The number of carbonyl (C=O) groups is 1. The van der Waals surface area contributed by atoms with Crippen LogP contribution in [0.4, 0.5) is 0 Å². The average molecular weight is 282 g/mol. The SMILES string of the molecule is Cc1c(B2OC(C)(C)C(C)(C)O2)cc(C=O)nc1Cl.